The van der Waals surface area contributed by atoms with E-state index in [0.717, 1.165) is 25.4 Å². The van der Waals surface area contributed by atoms with Crippen molar-refractivity contribution in [2.45, 2.75) is 58.1 Å². The Bertz CT molecular complexity index is 345. The maximum atomic E-state index is 5.63. The Morgan fingerprint density at radius 3 is 2.95 bits per heavy atom. The molecule has 0 spiro atoms. The van der Waals surface area contributed by atoms with E-state index in [1.165, 1.54) is 38.5 Å². The van der Waals surface area contributed by atoms with E-state index in [1.54, 1.807) is 0 Å². The first-order valence-corrected chi connectivity index (χ1v) is 7.72. The third-order valence-electron chi connectivity index (χ3n) is 3.71. The summed E-state index contributed by atoms with van der Waals surface area (Å²) in [5, 5.41) is 7.97. The average Bonchev–Trinajstić information content (AvgIpc) is 2.92. The van der Waals surface area contributed by atoms with Gasteiger partial charge in [-0.1, -0.05) is 26.2 Å². The van der Waals surface area contributed by atoms with Gasteiger partial charge in [-0.05, 0) is 31.9 Å². The molecule has 0 amide bonds. The van der Waals surface area contributed by atoms with E-state index in [9.17, 15) is 0 Å². The first-order chi connectivity index (χ1) is 9.40. The van der Waals surface area contributed by atoms with Crippen LogP contribution in [0.15, 0.2) is 12.3 Å². The number of rotatable bonds is 8. The molecule has 1 N–H and O–H groups in total. The molecule has 4 nitrogen and oxygen atoms in total. The van der Waals surface area contributed by atoms with Crippen molar-refractivity contribution in [3.05, 3.63) is 18.0 Å². The highest BCUT2D eigenvalue weighted by atomic mass is 16.5. The predicted octanol–water partition coefficient (Wildman–Crippen LogP) is 2.90. The molecule has 2 rings (SSSR count). The van der Waals surface area contributed by atoms with Crippen LogP contribution < -0.4 is 5.32 Å². The van der Waals surface area contributed by atoms with Gasteiger partial charge in [0, 0.05) is 12.7 Å². The summed E-state index contributed by atoms with van der Waals surface area (Å²) in [5.74, 6) is 0. The lowest BCUT2D eigenvalue weighted by Crippen LogP contribution is -2.20. The van der Waals surface area contributed by atoms with Crippen LogP contribution in [0.1, 0.15) is 57.2 Å². The quantitative estimate of drug-likeness (QED) is 0.735. The second-order valence-corrected chi connectivity index (χ2v) is 5.38. The highest BCUT2D eigenvalue weighted by molar-refractivity contribution is 4.98. The second-order valence-electron chi connectivity index (χ2n) is 5.38. The maximum Gasteiger partial charge on any atom is 0.0907 e. The van der Waals surface area contributed by atoms with Crippen molar-refractivity contribution < 1.29 is 4.74 Å². The molecule has 0 bridgehead atoms. The normalized spacial score (nSPS) is 16.9. The van der Waals surface area contributed by atoms with Crippen molar-refractivity contribution in [3.8, 4) is 0 Å². The number of aromatic nitrogens is 2. The summed E-state index contributed by atoms with van der Waals surface area (Å²) in [6.07, 6.45) is 9.93. The van der Waals surface area contributed by atoms with Gasteiger partial charge in [0.25, 0.3) is 0 Å². The Labute approximate surface area is 116 Å². The van der Waals surface area contributed by atoms with Crippen LogP contribution in [0.3, 0.4) is 0 Å². The summed E-state index contributed by atoms with van der Waals surface area (Å²) in [4.78, 5) is 0. The SMILES string of the molecule is CCCNCCOCc1ccn(C2CCCCC2)n1. The van der Waals surface area contributed by atoms with Gasteiger partial charge >= 0.3 is 0 Å². The van der Waals surface area contributed by atoms with Crippen LogP contribution in [0, 0.1) is 0 Å². The zero-order chi connectivity index (χ0) is 13.3. The van der Waals surface area contributed by atoms with Crippen LogP contribution in [-0.4, -0.2) is 29.5 Å². The highest BCUT2D eigenvalue weighted by Gasteiger charge is 2.15. The summed E-state index contributed by atoms with van der Waals surface area (Å²) < 4.78 is 7.77. The van der Waals surface area contributed by atoms with E-state index in [1.807, 2.05) is 0 Å². The molecule has 0 aromatic carbocycles. The molecule has 1 aromatic heterocycles. The third-order valence-corrected chi connectivity index (χ3v) is 3.71. The van der Waals surface area contributed by atoms with Gasteiger partial charge in [-0.3, -0.25) is 4.68 Å². The van der Waals surface area contributed by atoms with Crippen LogP contribution in [0.4, 0.5) is 0 Å². The van der Waals surface area contributed by atoms with Gasteiger partial charge in [0.2, 0.25) is 0 Å². The first-order valence-electron chi connectivity index (χ1n) is 7.72. The molecule has 1 aliphatic carbocycles. The Morgan fingerprint density at radius 2 is 2.16 bits per heavy atom. The number of ether oxygens (including phenoxy) is 1. The molecule has 0 saturated heterocycles. The van der Waals surface area contributed by atoms with Crippen molar-refractivity contribution in [1.29, 1.82) is 0 Å². The lowest BCUT2D eigenvalue weighted by Gasteiger charge is -2.21. The molecule has 1 fully saturated rings. The van der Waals surface area contributed by atoms with Gasteiger partial charge in [-0.25, -0.2) is 0 Å². The fourth-order valence-corrected chi connectivity index (χ4v) is 2.63. The minimum Gasteiger partial charge on any atom is -0.374 e. The number of hydrogen-bond acceptors (Lipinski definition) is 3. The molecule has 0 atom stereocenters. The molecule has 0 unspecified atom stereocenters. The van der Waals surface area contributed by atoms with Crippen molar-refractivity contribution >= 4 is 0 Å². The number of nitrogens with zero attached hydrogens (tertiary/aromatic N) is 2. The Kier molecular flexibility index (Phi) is 6.37. The molecule has 1 aromatic rings. The molecular weight excluding hydrogens is 238 g/mol. The van der Waals surface area contributed by atoms with E-state index in [-0.39, 0.29) is 0 Å². The minimum absolute atomic E-state index is 0.619. The molecule has 1 aliphatic rings. The van der Waals surface area contributed by atoms with Gasteiger partial charge in [0.15, 0.2) is 0 Å². The lowest BCUT2D eigenvalue weighted by atomic mass is 9.96. The zero-order valence-electron chi connectivity index (χ0n) is 12.1. The largest absolute Gasteiger partial charge is 0.374 e. The predicted molar refractivity (Wildman–Crippen MR) is 77.2 cm³/mol. The van der Waals surface area contributed by atoms with E-state index in [2.05, 4.69) is 34.3 Å². The molecule has 0 radical (unpaired) electrons. The van der Waals surface area contributed by atoms with Crippen LogP contribution in [0.2, 0.25) is 0 Å². The van der Waals surface area contributed by atoms with E-state index >= 15 is 0 Å². The Balaban J connectivity index is 1.66. The molecule has 4 heteroatoms. The van der Waals surface area contributed by atoms with E-state index < -0.39 is 0 Å². The van der Waals surface area contributed by atoms with E-state index in [4.69, 9.17) is 4.74 Å². The fourth-order valence-electron chi connectivity index (χ4n) is 2.63. The van der Waals surface area contributed by atoms with Crippen LogP contribution in [0.5, 0.6) is 0 Å². The van der Waals surface area contributed by atoms with Crippen LogP contribution in [0.25, 0.3) is 0 Å². The van der Waals surface area contributed by atoms with Gasteiger partial charge < -0.3 is 10.1 Å². The standard InChI is InChI=1S/C15H27N3O/c1-2-9-16-10-12-19-13-14-8-11-18(17-14)15-6-4-3-5-7-15/h8,11,15-16H,2-7,9-10,12-13H2,1H3. The van der Waals surface area contributed by atoms with Gasteiger partial charge in [-0.2, -0.15) is 5.10 Å². The summed E-state index contributed by atoms with van der Waals surface area (Å²) >= 11 is 0. The lowest BCUT2D eigenvalue weighted by molar-refractivity contribution is 0.119. The van der Waals surface area contributed by atoms with Gasteiger partial charge in [-0.15, -0.1) is 0 Å². The molecule has 0 aliphatic heterocycles. The molecule has 19 heavy (non-hydrogen) atoms. The molecule has 1 saturated carbocycles. The van der Waals surface area contributed by atoms with E-state index in [0.29, 0.717) is 12.6 Å². The summed E-state index contributed by atoms with van der Waals surface area (Å²) in [7, 11) is 0. The number of hydrogen-bond donors (Lipinski definition) is 1. The summed E-state index contributed by atoms with van der Waals surface area (Å²) in [5.41, 5.74) is 1.06. The molecular formula is C15H27N3O. The smallest absolute Gasteiger partial charge is 0.0907 e. The maximum absolute atomic E-state index is 5.63. The van der Waals surface area contributed by atoms with Crippen molar-refractivity contribution in [1.82, 2.24) is 15.1 Å². The fraction of sp³-hybridized carbons (Fsp3) is 0.800. The Hall–Kier alpha value is -0.870. The van der Waals surface area contributed by atoms with Gasteiger partial charge in [0.1, 0.15) is 0 Å². The number of nitrogens with one attached hydrogen (secondary N) is 1. The summed E-state index contributed by atoms with van der Waals surface area (Å²) in [6, 6.07) is 2.71. The minimum atomic E-state index is 0.619. The zero-order valence-corrected chi connectivity index (χ0v) is 12.1. The topological polar surface area (TPSA) is 39.1 Å². The first kappa shape index (κ1) is 14.5. The van der Waals surface area contributed by atoms with Crippen molar-refractivity contribution in [2.24, 2.45) is 0 Å². The molecule has 108 valence electrons. The van der Waals surface area contributed by atoms with Crippen molar-refractivity contribution in [2.75, 3.05) is 19.7 Å². The average molecular weight is 265 g/mol. The van der Waals surface area contributed by atoms with Gasteiger partial charge in [0.05, 0.1) is 24.9 Å². The van der Waals surface area contributed by atoms with Crippen molar-refractivity contribution in [3.63, 3.8) is 0 Å². The highest BCUT2D eigenvalue weighted by Crippen LogP contribution is 2.27. The summed E-state index contributed by atoms with van der Waals surface area (Å²) in [6.45, 7) is 5.56. The third kappa shape index (κ3) is 4.96. The Morgan fingerprint density at radius 1 is 1.32 bits per heavy atom. The second kappa shape index (κ2) is 8.33. The van der Waals surface area contributed by atoms with Crippen LogP contribution in [-0.2, 0) is 11.3 Å². The monoisotopic (exact) mass is 265 g/mol. The molecule has 1 heterocycles. The van der Waals surface area contributed by atoms with Crippen LogP contribution >= 0.6 is 0 Å².